The summed E-state index contributed by atoms with van der Waals surface area (Å²) in [6.07, 6.45) is 0. The molecule has 1 aliphatic rings. The van der Waals surface area contributed by atoms with Gasteiger partial charge in [0.1, 0.15) is 5.75 Å². The topological polar surface area (TPSA) is 73.6 Å². The Morgan fingerprint density at radius 3 is 2.24 bits per heavy atom. The number of nitriles is 1. The number of methoxy groups -OCH3 is 1. The molecule has 2 rings (SSSR count). The molecule has 0 aromatic heterocycles. The highest BCUT2D eigenvalue weighted by Gasteiger charge is 2.29. The molecule has 1 saturated heterocycles. The fourth-order valence-electron chi connectivity index (χ4n) is 2.31. The molecule has 0 amide bonds. The number of benzene rings is 1. The third-order valence-corrected chi connectivity index (χ3v) is 5.62. The normalized spacial score (nSPS) is 18.9. The van der Waals surface area contributed by atoms with Crippen LogP contribution < -0.4 is 4.74 Å². The van der Waals surface area contributed by atoms with E-state index in [0.717, 1.165) is 0 Å². The van der Waals surface area contributed by atoms with E-state index in [1.54, 1.807) is 31.4 Å². The lowest BCUT2D eigenvalue weighted by Crippen LogP contribution is -2.50. The first-order valence-electron chi connectivity index (χ1n) is 6.77. The molecule has 0 aliphatic carbocycles. The number of rotatable bonds is 4. The molecular weight excluding hydrogens is 290 g/mol. The first-order valence-corrected chi connectivity index (χ1v) is 8.21. The molecule has 0 bridgehead atoms. The summed E-state index contributed by atoms with van der Waals surface area (Å²) in [4.78, 5) is 2.25. The van der Waals surface area contributed by atoms with Gasteiger partial charge in [-0.3, -0.25) is 4.90 Å². The molecule has 0 saturated carbocycles. The van der Waals surface area contributed by atoms with E-state index < -0.39 is 10.0 Å². The fraction of sp³-hybridized carbons (Fsp3) is 0.500. The van der Waals surface area contributed by atoms with Crippen molar-refractivity contribution in [2.24, 2.45) is 0 Å². The van der Waals surface area contributed by atoms with E-state index in [4.69, 9.17) is 10.00 Å². The molecule has 6 nitrogen and oxygen atoms in total. The minimum atomic E-state index is -3.47. The van der Waals surface area contributed by atoms with Gasteiger partial charge in [0.2, 0.25) is 10.0 Å². The van der Waals surface area contributed by atoms with Crippen molar-refractivity contribution in [3.8, 4) is 11.8 Å². The lowest BCUT2D eigenvalue weighted by atomic mass is 10.2. The quantitative estimate of drug-likeness (QED) is 0.826. The van der Waals surface area contributed by atoms with Crippen LogP contribution in [0, 0.1) is 11.3 Å². The average molecular weight is 309 g/mol. The minimum absolute atomic E-state index is 0.184. The summed E-state index contributed by atoms with van der Waals surface area (Å²) in [6, 6.07) is 8.38. The largest absolute Gasteiger partial charge is 0.497 e. The van der Waals surface area contributed by atoms with Crippen LogP contribution in [0.25, 0.3) is 0 Å². The van der Waals surface area contributed by atoms with Crippen LogP contribution >= 0.6 is 0 Å². The van der Waals surface area contributed by atoms with Gasteiger partial charge < -0.3 is 4.74 Å². The fourth-order valence-corrected chi connectivity index (χ4v) is 3.73. The third kappa shape index (κ3) is 3.35. The summed E-state index contributed by atoms with van der Waals surface area (Å²) in [7, 11) is -1.93. The zero-order valence-electron chi connectivity index (χ0n) is 12.2. The smallest absolute Gasteiger partial charge is 0.243 e. The minimum Gasteiger partial charge on any atom is -0.497 e. The Bertz CT molecular complexity index is 614. The van der Waals surface area contributed by atoms with Gasteiger partial charge in [0.15, 0.2) is 0 Å². The van der Waals surface area contributed by atoms with E-state index in [1.807, 2.05) is 11.8 Å². The van der Waals surface area contributed by atoms with E-state index in [0.29, 0.717) is 31.9 Å². The van der Waals surface area contributed by atoms with E-state index >= 15 is 0 Å². The highest BCUT2D eigenvalue weighted by molar-refractivity contribution is 7.89. The number of nitrogens with zero attached hydrogens (tertiary/aromatic N) is 3. The number of hydrogen-bond donors (Lipinski definition) is 0. The molecule has 1 aromatic carbocycles. The molecule has 0 N–H and O–H groups in total. The molecule has 114 valence electrons. The third-order valence-electron chi connectivity index (χ3n) is 3.70. The average Bonchev–Trinajstić information content (AvgIpc) is 2.54. The Morgan fingerprint density at radius 2 is 1.76 bits per heavy atom. The maximum absolute atomic E-state index is 12.5. The van der Waals surface area contributed by atoms with Crippen molar-refractivity contribution in [1.29, 1.82) is 5.26 Å². The van der Waals surface area contributed by atoms with Crippen LogP contribution in [-0.2, 0) is 10.0 Å². The Balaban J connectivity index is 2.09. The van der Waals surface area contributed by atoms with Gasteiger partial charge in [0.05, 0.1) is 24.1 Å². The Morgan fingerprint density at radius 1 is 1.19 bits per heavy atom. The lowest BCUT2D eigenvalue weighted by Gasteiger charge is -2.35. The van der Waals surface area contributed by atoms with Crippen LogP contribution in [-0.4, -0.2) is 57.0 Å². The number of sulfonamides is 1. The first-order chi connectivity index (χ1) is 9.98. The SMILES string of the molecule is COc1ccc(S(=O)(=O)N2CCN(C(C)C#N)CC2)cc1. The van der Waals surface area contributed by atoms with E-state index in [-0.39, 0.29) is 10.9 Å². The van der Waals surface area contributed by atoms with Gasteiger partial charge in [-0.1, -0.05) is 0 Å². The number of ether oxygens (including phenoxy) is 1. The molecule has 21 heavy (non-hydrogen) atoms. The van der Waals surface area contributed by atoms with Gasteiger partial charge in [0, 0.05) is 26.2 Å². The molecule has 0 radical (unpaired) electrons. The second kappa shape index (κ2) is 6.43. The summed E-state index contributed by atoms with van der Waals surface area (Å²) in [6.45, 7) is 3.78. The maximum atomic E-state index is 12.5. The van der Waals surface area contributed by atoms with E-state index in [1.165, 1.54) is 4.31 Å². The molecule has 1 aromatic rings. The lowest BCUT2D eigenvalue weighted by molar-refractivity contribution is 0.169. The van der Waals surface area contributed by atoms with Crippen molar-refractivity contribution in [3.05, 3.63) is 24.3 Å². The van der Waals surface area contributed by atoms with Crippen LogP contribution in [0.3, 0.4) is 0 Å². The predicted octanol–water partition coefficient (Wildman–Crippen LogP) is 0.914. The van der Waals surface area contributed by atoms with Gasteiger partial charge in [0.25, 0.3) is 0 Å². The molecule has 0 spiro atoms. The van der Waals surface area contributed by atoms with Crippen LogP contribution in [0.2, 0.25) is 0 Å². The van der Waals surface area contributed by atoms with Crippen molar-refractivity contribution >= 4 is 10.0 Å². The van der Waals surface area contributed by atoms with Gasteiger partial charge in [-0.2, -0.15) is 9.57 Å². The summed E-state index contributed by atoms with van der Waals surface area (Å²) >= 11 is 0. The van der Waals surface area contributed by atoms with Crippen molar-refractivity contribution < 1.29 is 13.2 Å². The molecule has 7 heteroatoms. The van der Waals surface area contributed by atoms with Crippen LogP contribution in [0.1, 0.15) is 6.92 Å². The number of piperazine rings is 1. The Hall–Kier alpha value is -1.62. The summed E-state index contributed by atoms with van der Waals surface area (Å²) in [5.74, 6) is 0.626. The van der Waals surface area contributed by atoms with Crippen LogP contribution in [0.15, 0.2) is 29.2 Å². The standard InChI is InChI=1S/C14H19N3O3S/c1-12(11-15)16-7-9-17(10-8-16)21(18,19)14-5-3-13(20-2)4-6-14/h3-6,12H,7-10H2,1-2H3. The van der Waals surface area contributed by atoms with Crippen molar-refractivity contribution in [2.75, 3.05) is 33.3 Å². The highest BCUT2D eigenvalue weighted by Crippen LogP contribution is 2.21. The molecular formula is C14H19N3O3S. The zero-order valence-corrected chi connectivity index (χ0v) is 13.0. The molecule has 1 unspecified atom stereocenters. The van der Waals surface area contributed by atoms with Crippen molar-refractivity contribution in [1.82, 2.24) is 9.21 Å². The predicted molar refractivity (Wildman–Crippen MR) is 78.4 cm³/mol. The summed E-state index contributed by atoms with van der Waals surface area (Å²) in [5, 5.41) is 8.90. The monoisotopic (exact) mass is 309 g/mol. The summed E-state index contributed by atoms with van der Waals surface area (Å²) in [5.41, 5.74) is 0. The second-order valence-corrected chi connectivity index (χ2v) is 6.86. The van der Waals surface area contributed by atoms with Gasteiger partial charge in [-0.25, -0.2) is 8.42 Å². The van der Waals surface area contributed by atoms with Crippen LogP contribution in [0.5, 0.6) is 5.75 Å². The Kier molecular flexibility index (Phi) is 4.83. The Labute approximate surface area is 125 Å². The zero-order chi connectivity index (χ0) is 15.5. The van der Waals surface area contributed by atoms with Gasteiger partial charge in [-0.15, -0.1) is 0 Å². The molecule has 1 heterocycles. The van der Waals surface area contributed by atoms with E-state index in [2.05, 4.69) is 6.07 Å². The number of hydrogen-bond acceptors (Lipinski definition) is 5. The first kappa shape index (κ1) is 15.8. The maximum Gasteiger partial charge on any atom is 0.243 e. The van der Waals surface area contributed by atoms with E-state index in [9.17, 15) is 8.42 Å². The van der Waals surface area contributed by atoms with Crippen molar-refractivity contribution in [3.63, 3.8) is 0 Å². The highest BCUT2D eigenvalue weighted by atomic mass is 32.2. The molecule has 1 aliphatic heterocycles. The van der Waals surface area contributed by atoms with Gasteiger partial charge in [-0.05, 0) is 31.2 Å². The van der Waals surface area contributed by atoms with Crippen molar-refractivity contribution in [2.45, 2.75) is 17.9 Å². The van der Waals surface area contributed by atoms with Crippen LogP contribution in [0.4, 0.5) is 0 Å². The molecule has 1 fully saturated rings. The van der Waals surface area contributed by atoms with Gasteiger partial charge >= 0.3 is 0 Å². The molecule has 1 atom stereocenters. The second-order valence-electron chi connectivity index (χ2n) is 4.92. The summed E-state index contributed by atoms with van der Waals surface area (Å²) < 4.78 is 31.6.